The Morgan fingerprint density at radius 1 is 1.39 bits per heavy atom. The first-order valence-electron chi connectivity index (χ1n) is 8.76. The molecule has 1 atom stereocenters. The van der Waals surface area contributed by atoms with Gasteiger partial charge in [0.2, 0.25) is 5.91 Å². The molecule has 1 aromatic carbocycles. The number of amides is 1. The molecule has 28 heavy (non-hydrogen) atoms. The van der Waals surface area contributed by atoms with Crippen LogP contribution < -0.4 is 5.32 Å². The third-order valence-corrected chi connectivity index (χ3v) is 5.10. The van der Waals surface area contributed by atoms with Crippen LogP contribution in [0.1, 0.15) is 23.6 Å². The van der Waals surface area contributed by atoms with Crippen molar-refractivity contribution >= 4 is 51.6 Å². The largest absolute Gasteiger partial charge is 0.510 e. The molecule has 1 unspecified atom stereocenters. The Morgan fingerprint density at radius 2 is 2.25 bits per heavy atom. The van der Waals surface area contributed by atoms with Crippen LogP contribution in [0.3, 0.4) is 0 Å². The number of pyridine rings is 1. The van der Waals surface area contributed by atoms with Gasteiger partial charge in [-0.15, -0.1) is 0 Å². The number of para-hydroxylation sites is 1. The number of hydrogen-bond donors (Lipinski definition) is 2. The Bertz CT molecular complexity index is 1010. The Hall–Kier alpha value is -3.00. The maximum atomic E-state index is 11.1. The normalized spacial score (nSPS) is 17.8. The zero-order chi connectivity index (χ0) is 19.7. The first kappa shape index (κ1) is 18.4. The average Bonchev–Trinajstić information content (AvgIpc) is 3.13. The van der Waals surface area contributed by atoms with Gasteiger partial charge in [0, 0.05) is 24.0 Å². The van der Waals surface area contributed by atoms with Crippen molar-refractivity contribution in [3.05, 3.63) is 59.0 Å². The van der Waals surface area contributed by atoms with Crippen LogP contribution in [-0.2, 0) is 10.1 Å². The number of nitrogens with zero attached hydrogens (tertiary/aromatic N) is 4. The number of amidine groups is 1. The summed E-state index contributed by atoms with van der Waals surface area (Å²) in [5, 5.41) is 13.9. The second-order valence-electron chi connectivity index (χ2n) is 6.54. The van der Waals surface area contributed by atoms with E-state index in [0.717, 1.165) is 33.5 Å². The highest BCUT2D eigenvalue weighted by atomic mass is 79.9. The molecular weight excluding hydrogens is 422 g/mol. The van der Waals surface area contributed by atoms with E-state index in [9.17, 15) is 9.90 Å². The number of alkyl halides is 1. The van der Waals surface area contributed by atoms with Crippen LogP contribution in [0.15, 0.2) is 52.3 Å². The number of aliphatic hydroxyl groups is 1. The number of benzene rings is 1. The molecule has 0 spiro atoms. The molecule has 1 aromatic heterocycles. The van der Waals surface area contributed by atoms with E-state index in [1.807, 2.05) is 23.1 Å². The van der Waals surface area contributed by atoms with Crippen molar-refractivity contribution in [2.75, 3.05) is 11.9 Å². The lowest BCUT2D eigenvalue weighted by Gasteiger charge is -2.22. The van der Waals surface area contributed by atoms with E-state index in [1.54, 1.807) is 30.7 Å². The predicted octanol–water partition coefficient (Wildman–Crippen LogP) is 3.64. The number of carbonyl (C=O) groups excluding carboxylic acids is 1. The minimum Gasteiger partial charge on any atom is -0.510 e. The number of aliphatic imine (C=N–C) groups is 2. The van der Waals surface area contributed by atoms with Crippen molar-refractivity contribution in [1.82, 2.24) is 9.88 Å². The lowest BCUT2D eigenvalue weighted by Crippen LogP contribution is -2.31. The highest BCUT2D eigenvalue weighted by Crippen LogP contribution is 2.33. The number of nitrogens with one attached hydrogen (secondary N) is 1. The average molecular weight is 440 g/mol. The Kier molecular flexibility index (Phi) is 4.95. The van der Waals surface area contributed by atoms with Crippen molar-refractivity contribution in [3.63, 3.8) is 0 Å². The molecule has 8 heteroatoms. The summed E-state index contributed by atoms with van der Waals surface area (Å²) in [6.45, 7) is 1.95. The third-order valence-electron chi connectivity index (χ3n) is 4.50. The standard InChI is InChI=1S/C20H18BrN5O2/c1-12(27)24-18-6-5-13(9-22-18)7-17(28)16-10-26-11-23-19-14(8-21)3-2-4-15(19)20(26)25-16/h2-7,9,11,16,28H,8,10H2,1H3,(H,22,24,27). The molecule has 2 aromatic rings. The van der Waals surface area contributed by atoms with Crippen molar-refractivity contribution < 1.29 is 9.90 Å². The van der Waals surface area contributed by atoms with Crippen LogP contribution in [-0.4, -0.2) is 45.7 Å². The SMILES string of the molecule is CC(=O)Nc1ccc(C=C(O)C2CN3C=Nc4c(CBr)cccc4C3=N2)cn1. The van der Waals surface area contributed by atoms with Gasteiger partial charge in [-0.1, -0.05) is 28.1 Å². The van der Waals surface area contributed by atoms with Crippen LogP contribution in [0.5, 0.6) is 0 Å². The van der Waals surface area contributed by atoms with Gasteiger partial charge in [-0.05, 0) is 35.4 Å². The first-order chi connectivity index (χ1) is 13.5. The Balaban J connectivity index is 1.58. The summed E-state index contributed by atoms with van der Waals surface area (Å²) in [4.78, 5) is 26.5. The summed E-state index contributed by atoms with van der Waals surface area (Å²) < 4.78 is 0. The van der Waals surface area contributed by atoms with Gasteiger partial charge in [-0.3, -0.25) is 9.79 Å². The summed E-state index contributed by atoms with van der Waals surface area (Å²) in [6, 6.07) is 9.11. The molecule has 0 aliphatic carbocycles. The van der Waals surface area contributed by atoms with Crippen molar-refractivity contribution in [1.29, 1.82) is 0 Å². The lowest BCUT2D eigenvalue weighted by atomic mass is 10.1. The van der Waals surface area contributed by atoms with Gasteiger partial charge in [0.15, 0.2) is 0 Å². The molecule has 0 fully saturated rings. The number of carbonyl (C=O) groups is 1. The summed E-state index contributed by atoms with van der Waals surface area (Å²) in [5.74, 6) is 1.26. The fourth-order valence-corrected chi connectivity index (χ4v) is 3.65. The van der Waals surface area contributed by atoms with E-state index in [4.69, 9.17) is 4.99 Å². The number of fused-ring (bicyclic) bond motifs is 3. The van der Waals surface area contributed by atoms with E-state index in [2.05, 4.69) is 31.2 Å². The molecular formula is C20H18BrN5O2. The second kappa shape index (κ2) is 7.55. The molecule has 2 aliphatic heterocycles. The molecule has 4 rings (SSSR count). The van der Waals surface area contributed by atoms with Gasteiger partial charge in [-0.25, -0.2) is 9.98 Å². The fourth-order valence-electron chi connectivity index (χ4n) is 3.19. The molecule has 142 valence electrons. The molecule has 2 aliphatic rings. The van der Waals surface area contributed by atoms with E-state index >= 15 is 0 Å². The van der Waals surface area contributed by atoms with Gasteiger partial charge in [0.05, 0.1) is 18.6 Å². The third kappa shape index (κ3) is 3.55. The van der Waals surface area contributed by atoms with Crippen molar-refractivity contribution in [2.24, 2.45) is 9.98 Å². The minimum atomic E-state index is -0.380. The molecule has 0 radical (unpaired) electrons. The van der Waals surface area contributed by atoms with Gasteiger partial charge >= 0.3 is 0 Å². The molecule has 0 saturated carbocycles. The minimum absolute atomic E-state index is 0.155. The molecule has 7 nitrogen and oxygen atoms in total. The lowest BCUT2D eigenvalue weighted by molar-refractivity contribution is -0.114. The van der Waals surface area contributed by atoms with E-state index in [0.29, 0.717) is 12.4 Å². The zero-order valence-electron chi connectivity index (χ0n) is 15.1. The van der Waals surface area contributed by atoms with Gasteiger partial charge in [-0.2, -0.15) is 0 Å². The molecule has 0 bridgehead atoms. The summed E-state index contributed by atoms with van der Waals surface area (Å²) in [7, 11) is 0. The smallest absolute Gasteiger partial charge is 0.222 e. The monoisotopic (exact) mass is 439 g/mol. The maximum absolute atomic E-state index is 11.1. The number of aromatic nitrogens is 1. The van der Waals surface area contributed by atoms with E-state index in [1.165, 1.54) is 6.92 Å². The number of aliphatic hydroxyl groups excluding tert-OH is 1. The highest BCUT2D eigenvalue weighted by molar-refractivity contribution is 9.08. The summed E-state index contributed by atoms with van der Waals surface area (Å²) in [6.07, 6.45) is 5.00. The van der Waals surface area contributed by atoms with Gasteiger partial charge in [0.1, 0.15) is 23.5 Å². The number of hydrogen-bond acceptors (Lipinski definition) is 6. The summed E-state index contributed by atoms with van der Waals surface area (Å²) >= 11 is 3.49. The van der Waals surface area contributed by atoms with Crippen LogP contribution in [0.25, 0.3) is 6.08 Å². The van der Waals surface area contributed by atoms with Crippen molar-refractivity contribution in [2.45, 2.75) is 18.3 Å². The highest BCUT2D eigenvalue weighted by Gasteiger charge is 2.31. The molecule has 0 saturated heterocycles. The quantitative estimate of drug-likeness (QED) is 0.561. The fraction of sp³-hybridized carbons (Fsp3) is 0.200. The van der Waals surface area contributed by atoms with E-state index < -0.39 is 0 Å². The van der Waals surface area contributed by atoms with Crippen molar-refractivity contribution in [3.8, 4) is 0 Å². The topological polar surface area (TPSA) is 90.2 Å². The summed E-state index contributed by atoms with van der Waals surface area (Å²) in [5.41, 5.74) is 3.71. The molecule has 2 N–H and O–H groups in total. The zero-order valence-corrected chi connectivity index (χ0v) is 16.7. The van der Waals surface area contributed by atoms with E-state index in [-0.39, 0.29) is 17.7 Å². The Morgan fingerprint density at radius 3 is 2.96 bits per heavy atom. The molecule has 1 amide bonds. The number of halogens is 1. The van der Waals surface area contributed by atoms with Crippen LogP contribution in [0.2, 0.25) is 0 Å². The second-order valence-corrected chi connectivity index (χ2v) is 7.10. The number of anilines is 1. The molecule has 3 heterocycles. The maximum Gasteiger partial charge on any atom is 0.222 e. The van der Waals surface area contributed by atoms with Gasteiger partial charge < -0.3 is 15.3 Å². The predicted molar refractivity (Wildman–Crippen MR) is 113 cm³/mol. The first-order valence-corrected chi connectivity index (χ1v) is 9.88. The van der Waals surface area contributed by atoms with Crippen LogP contribution >= 0.6 is 15.9 Å². The number of rotatable bonds is 4. The van der Waals surface area contributed by atoms with Crippen LogP contribution in [0, 0.1) is 0 Å². The van der Waals surface area contributed by atoms with Crippen LogP contribution in [0.4, 0.5) is 11.5 Å². The Labute approximate surface area is 170 Å². The van der Waals surface area contributed by atoms with Gasteiger partial charge in [0.25, 0.3) is 0 Å².